The van der Waals surface area contributed by atoms with Crippen LogP contribution in [0.2, 0.25) is 0 Å². The number of aromatic nitrogens is 2. The zero-order valence-corrected chi connectivity index (χ0v) is 15.3. The van der Waals surface area contributed by atoms with Gasteiger partial charge in [0, 0.05) is 42.6 Å². The Morgan fingerprint density at radius 2 is 2.15 bits per heavy atom. The Hall–Kier alpha value is -3.20. The number of nitrogens with zero attached hydrogens (tertiary/aromatic N) is 3. The maximum absolute atomic E-state index is 13.8. The van der Waals surface area contributed by atoms with E-state index in [4.69, 9.17) is 4.74 Å². The molecule has 0 fully saturated rings. The third-order valence-corrected chi connectivity index (χ3v) is 4.88. The average Bonchev–Trinajstić information content (AvgIpc) is 2.98. The first-order valence-corrected chi connectivity index (χ1v) is 8.85. The summed E-state index contributed by atoms with van der Waals surface area (Å²) in [6, 6.07) is 8.34. The van der Waals surface area contributed by atoms with Crippen LogP contribution in [-0.2, 0) is 17.8 Å². The maximum atomic E-state index is 13.8. The molecule has 0 amide bonds. The molecule has 0 radical (unpaired) electrons. The SMILES string of the molecule is CC(=O)Oc1cc(C(C)C)n2c1-c1c(nc3ccc(F)cc3c1C#N)CC2. The van der Waals surface area contributed by atoms with Crippen LogP contribution in [0.25, 0.3) is 22.2 Å². The van der Waals surface area contributed by atoms with Gasteiger partial charge in [0.1, 0.15) is 11.9 Å². The van der Waals surface area contributed by atoms with Crippen LogP contribution in [0.1, 0.15) is 43.6 Å². The summed E-state index contributed by atoms with van der Waals surface area (Å²) in [7, 11) is 0. The minimum atomic E-state index is -0.427. The van der Waals surface area contributed by atoms with Crippen molar-refractivity contribution in [2.24, 2.45) is 0 Å². The number of carbonyl (C=O) groups excluding carboxylic acids is 1. The van der Waals surface area contributed by atoms with Gasteiger partial charge < -0.3 is 9.30 Å². The maximum Gasteiger partial charge on any atom is 0.308 e. The molecule has 1 aliphatic heterocycles. The molecular formula is C21H18FN3O2. The van der Waals surface area contributed by atoms with E-state index in [0.29, 0.717) is 46.4 Å². The Labute approximate surface area is 156 Å². The predicted octanol–water partition coefficient (Wildman–Crippen LogP) is 4.32. The molecular weight excluding hydrogens is 345 g/mol. The highest BCUT2D eigenvalue weighted by Crippen LogP contribution is 2.44. The van der Waals surface area contributed by atoms with Gasteiger partial charge in [0.05, 0.1) is 22.5 Å². The monoisotopic (exact) mass is 363 g/mol. The number of ether oxygens (including phenoxy) is 1. The fourth-order valence-corrected chi connectivity index (χ4v) is 3.81. The van der Waals surface area contributed by atoms with Crippen molar-refractivity contribution in [2.75, 3.05) is 0 Å². The highest BCUT2D eigenvalue weighted by atomic mass is 19.1. The lowest BCUT2D eigenvalue weighted by Gasteiger charge is -2.24. The molecule has 3 aromatic rings. The van der Waals surface area contributed by atoms with Crippen LogP contribution >= 0.6 is 0 Å². The standard InChI is InChI=1S/C21H18FN3O2/c1-11(2)18-9-19(27-12(3)26)21-20-15(10-23)14-8-13(22)4-5-16(14)24-17(20)6-7-25(18)21/h4-5,8-9,11H,6-7H2,1-3H3. The van der Waals surface area contributed by atoms with E-state index in [1.165, 1.54) is 19.1 Å². The summed E-state index contributed by atoms with van der Waals surface area (Å²) in [6.45, 7) is 6.16. The van der Waals surface area contributed by atoms with Gasteiger partial charge in [-0.1, -0.05) is 13.8 Å². The van der Waals surface area contributed by atoms with Gasteiger partial charge in [0.25, 0.3) is 0 Å². The summed E-state index contributed by atoms with van der Waals surface area (Å²) >= 11 is 0. The fourth-order valence-electron chi connectivity index (χ4n) is 3.81. The van der Waals surface area contributed by atoms with E-state index in [2.05, 4.69) is 29.5 Å². The number of aryl methyl sites for hydroxylation is 1. The van der Waals surface area contributed by atoms with Crippen molar-refractivity contribution in [1.29, 1.82) is 5.26 Å². The molecule has 0 N–H and O–H groups in total. The third kappa shape index (κ3) is 2.67. The van der Waals surface area contributed by atoms with Crippen molar-refractivity contribution in [2.45, 2.75) is 39.7 Å². The summed E-state index contributed by atoms with van der Waals surface area (Å²) < 4.78 is 21.4. The number of esters is 1. The van der Waals surface area contributed by atoms with Crippen molar-refractivity contribution in [1.82, 2.24) is 9.55 Å². The second-order valence-corrected chi connectivity index (χ2v) is 7.01. The molecule has 1 aromatic carbocycles. The Morgan fingerprint density at radius 1 is 1.37 bits per heavy atom. The van der Waals surface area contributed by atoms with Crippen molar-refractivity contribution in [3.05, 3.63) is 47.0 Å². The summed E-state index contributed by atoms with van der Waals surface area (Å²) in [4.78, 5) is 16.3. The van der Waals surface area contributed by atoms with Crippen LogP contribution in [-0.4, -0.2) is 15.5 Å². The highest BCUT2D eigenvalue weighted by molar-refractivity contribution is 5.94. The third-order valence-electron chi connectivity index (χ3n) is 4.88. The molecule has 6 heteroatoms. The summed E-state index contributed by atoms with van der Waals surface area (Å²) in [5, 5.41) is 10.3. The van der Waals surface area contributed by atoms with Crippen molar-refractivity contribution in [3.8, 4) is 23.1 Å². The smallest absolute Gasteiger partial charge is 0.308 e. The Kier molecular flexibility index (Phi) is 3.96. The first-order chi connectivity index (χ1) is 12.9. The zero-order chi connectivity index (χ0) is 19.3. The van der Waals surface area contributed by atoms with Gasteiger partial charge >= 0.3 is 5.97 Å². The molecule has 1 aliphatic rings. The van der Waals surface area contributed by atoms with Crippen LogP contribution in [0.3, 0.4) is 0 Å². The Balaban J connectivity index is 2.10. The van der Waals surface area contributed by atoms with Gasteiger partial charge in [0.2, 0.25) is 0 Å². The van der Waals surface area contributed by atoms with E-state index in [0.717, 1.165) is 11.4 Å². The highest BCUT2D eigenvalue weighted by Gasteiger charge is 2.30. The van der Waals surface area contributed by atoms with Gasteiger partial charge in [-0.05, 0) is 24.1 Å². The Morgan fingerprint density at radius 3 is 2.81 bits per heavy atom. The van der Waals surface area contributed by atoms with Gasteiger partial charge in [-0.3, -0.25) is 9.78 Å². The first kappa shape index (κ1) is 17.2. The number of rotatable bonds is 2. The number of pyridine rings is 1. The molecule has 4 rings (SSSR count). The lowest BCUT2D eigenvalue weighted by atomic mass is 9.94. The lowest BCUT2D eigenvalue weighted by molar-refractivity contribution is -0.131. The molecule has 0 atom stereocenters. The predicted molar refractivity (Wildman–Crippen MR) is 98.9 cm³/mol. The van der Waals surface area contributed by atoms with Crippen molar-refractivity contribution < 1.29 is 13.9 Å². The van der Waals surface area contributed by atoms with Crippen LogP contribution in [0.15, 0.2) is 24.3 Å². The molecule has 0 aliphatic carbocycles. The van der Waals surface area contributed by atoms with E-state index in [1.54, 1.807) is 6.07 Å². The number of nitriles is 1. The quantitative estimate of drug-likeness (QED) is 0.636. The first-order valence-electron chi connectivity index (χ1n) is 8.85. The molecule has 5 nitrogen and oxygen atoms in total. The second kappa shape index (κ2) is 6.20. The molecule has 27 heavy (non-hydrogen) atoms. The minimum absolute atomic E-state index is 0.214. The summed E-state index contributed by atoms with van der Waals surface area (Å²) in [5.41, 5.74) is 4.03. The summed E-state index contributed by atoms with van der Waals surface area (Å²) in [6.07, 6.45) is 0.651. The normalized spacial score (nSPS) is 12.6. The number of hydrogen-bond donors (Lipinski definition) is 0. The van der Waals surface area contributed by atoms with E-state index in [-0.39, 0.29) is 5.92 Å². The molecule has 2 aromatic heterocycles. The van der Waals surface area contributed by atoms with Gasteiger partial charge in [-0.25, -0.2) is 4.39 Å². The second-order valence-electron chi connectivity index (χ2n) is 7.01. The van der Waals surface area contributed by atoms with Crippen LogP contribution in [0, 0.1) is 17.1 Å². The van der Waals surface area contributed by atoms with Crippen LogP contribution < -0.4 is 4.74 Å². The van der Waals surface area contributed by atoms with E-state index < -0.39 is 11.8 Å². The fraction of sp³-hybridized carbons (Fsp3) is 0.286. The number of halogens is 1. The molecule has 0 saturated heterocycles. The Bertz CT molecular complexity index is 1140. The van der Waals surface area contributed by atoms with Crippen LogP contribution in [0.5, 0.6) is 5.75 Å². The van der Waals surface area contributed by atoms with E-state index in [9.17, 15) is 14.4 Å². The van der Waals surface area contributed by atoms with E-state index >= 15 is 0 Å². The average molecular weight is 363 g/mol. The molecule has 0 spiro atoms. The minimum Gasteiger partial charge on any atom is -0.424 e. The summed E-state index contributed by atoms with van der Waals surface area (Å²) in [5.74, 6) is -0.216. The number of carbonyl (C=O) groups is 1. The molecule has 136 valence electrons. The largest absolute Gasteiger partial charge is 0.424 e. The van der Waals surface area contributed by atoms with Crippen molar-refractivity contribution in [3.63, 3.8) is 0 Å². The van der Waals surface area contributed by atoms with Gasteiger partial charge in [0.15, 0.2) is 5.75 Å². The van der Waals surface area contributed by atoms with Gasteiger partial charge in [-0.15, -0.1) is 0 Å². The topological polar surface area (TPSA) is 67.9 Å². The molecule has 3 heterocycles. The lowest BCUT2D eigenvalue weighted by Crippen LogP contribution is -2.17. The van der Waals surface area contributed by atoms with Crippen LogP contribution in [0.4, 0.5) is 4.39 Å². The number of benzene rings is 1. The molecule has 0 bridgehead atoms. The van der Waals surface area contributed by atoms with E-state index in [1.807, 2.05) is 6.07 Å². The molecule has 0 unspecified atom stereocenters. The molecule has 0 saturated carbocycles. The number of fused-ring (bicyclic) bond motifs is 4. The van der Waals surface area contributed by atoms with Gasteiger partial charge in [-0.2, -0.15) is 5.26 Å². The number of hydrogen-bond acceptors (Lipinski definition) is 4. The van der Waals surface area contributed by atoms with Crippen molar-refractivity contribution >= 4 is 16.9 Å². The zero-order valence-electron chi connectivity index (χ0n) is 15.3.